The molecule has 0 radical (unpaired) electrons. The van der Waals surface area contributed by atoms with Gasteiger partial charge < -0.3 is 5.32 Å². The van der Waals surface area contributed by atoms with Crippen molar-refractivity contribution in [1.29, 1.82) is 0 Å². The van der Waals surface area contributed by atoms with Crippen LogP contribution < -0.4 is 5.32 Å². The second-order valence-corrected chi connectivity index (χ2v) is 8.50. The second kappa shape index (κ2) is 7.31. The molecular weight excluding hydrogens is 476 g/mol. The van der Waals surface area contributed by atoms with Crippen molar-refractivity contribution in [3.8, 4) is 10.6 Å². The summed E-state index contributed by atoms with van der Waals surface area (Å²) in [6, 6.07) is 21.1. The van der Waals surface area contributed by atoms with E-state index in [9.17, 15) is 4.79 Å². The SMILES string of the molecule is O=C(Nc1ccc(Br)cc1-c1nc2ccccc2s1)c1ccc(Br)cc1. The van der Waals surface area contributed by atoms with Gasteiger partial charge in [0.2, 0.25) is 0 Å². The lowest BCUT2D eigenvalue weighted by atomic mass is 10.1. The van der Waals surface area contributed by atoms with Crippen molar-refractivity contribution in [3.05, 3.63) is 81.2 Å². The summed E-state index contributed by atoms with van der Waals surface area (Å²) in [5.74, 6) is -0.151. The van der Waals surface area contributed by atoms with Crippen LogP contribution in [0.5, 0.6) is 0 Å². The van der Waals surface area contributed by atoms with E-state index in [1.165, 1.54) is 0 Å². The van der Waals surface area contributed by atoms with Gasteiger partial charge in [0.25, 0.3) is 5.91 Å². The standard InChI is InChI=1S/C20H12Br2N2OS/c21-13-7-5-12(6-8-13)19(25)23-16-10-9-14(22)11-15(16)20-24-17-3-1-2-4-18(17)26-20/h1-11H,(H,23,25). The number of carbonyl (C=O) groups excluding carboxylic acids is 1. The molecule has 0 aliphatic rings. The van der Waals surface area contributed by atoms with Crippen LogP contribution in [0.3, 0.4) is 0 Å². The number of thiazole rings is 1. The molecule has 4 rings (SSSR count). The minimum Gasteiger partial charge on any atom is -0.321 e. The Labute approximate surface area is 171 Å². The largest absolute Gasteiger partial charge is 0.321 e. The first-order chi connectivity index (χ1) is 12.6. The lowest BCUT2D eigenvalue weighted by Crippen LogP contribution is -2.12. The van der Waals surface area contributed by atoms with E-state index in [1.807, 2.05) is 48.5 Å². The molecule has 1 N–H and O–H groups in total. The van der Waals surface area contributed by atoms with E-state index in [0.29, 0.717) is 5.56 Å². The van der Waals surface area contributed by atoms with Crippen LogP contribution in [0.4, 0.5) is 5.69 Å². The molecule has 0 aliphatic carbocycles. The van der Waals surface area contributed by atoms with Crippen LogP contribution in [0.25, 0.3) is 20.8 Å². The van der Waals surface area contributed by atoms with Crippen LogP contribution in [-0.2, 0) is 0 Å². The van der Waals surface area contributed by atoms with Gasteiger partial charge in [0.1, 0.15) is 5.01 Å². The number of amides is 1. The van der Waals surface area contributed by atoms with Crippen LogP contribution in [0.15, 0.2) is 75.7 Å². The fourth-order valence-corrected chi connectivity index (χ4v) is 4.21. The Morgan fingerprint density at radius 1 is 0.923 bits per heavy atom. The highest BCUT2D eigenvalue weighted by Crippen LogP contribution is 2.36. The molecule has 6 heteroatoms. The van der Waals surface area contributed by atoms with Gasteiger partial charge in [0, 0.05) is 20.1 Å². The van der Waals surface area contributed by atoms with E-state index < -0.39 is 0 Å². The highest BCUT2D eigenvalue weighted by atomic mass is 79.9. The molecule has 0 aliphatic heterocycles. The first-order valence-corrected chi connectivity index (χ1v) is 10.2. The van der Waals surface area contributed by atoms with Crippen LogP contribution in [0, 0.1) is 0 Å². The smallest absolute Gasteiger partial charge is 0.255 e. The molecule has 0 spiro atoms. The van der Waals surface area contributed by atoms with Crippen molar-refractivity contribution >= 4 is 65.0 Å². The number of hydrogen-bond donors (Lipinski definition) is 1. The van der Waals surface area contributed by atoms with Crippen molar-refractivity contribution < 1.29 is 4.79 Å². The van der Waals surface area contributed by atoms with E-state index in [0.717, 1.165) is 35.4 Å². The minimum absolute atomic E-state index is 0.151. The Morgan fingerprint density at radius 3 is 2.42 bits per heavy atom. The molecule has 1 aromatic heterocycles. The average molecular weight is 488 g/mol. The third-order valence-electron chi connectivity index (χ3n) is 3.86. The first kappa shape index (κ1) is 17.4. The van der Waals surface area contributed by atoms with Crippen LogP contribution >= 0.6 is 43.2 Å². The number of para-hydroxylation sites is 1. The van der Waals surface area contributed by atoms with Crippen LogP contribution in [0.1, 0.15) is 10.4 Å². The average Bonchev–Trinajstić information content (AvgIpc) is 3.07. The summed E-state index contributed by atoms with van der Waals surface area (Å²) in [4.78, 5) is 17.3. The molecule has 0 fully saturated rings. The van der Waals surface area contributed by atoms with Gasteiger partial charge in [0.15, 0.2) is 0 Å². The maximum atomic E-state index is 12.6. The number of aromatic nitrogens is 1. The van der Waals surface area contributed by atoms with Crippen molar-refractivity contribution in [1.82, 2.24) is 4.98 Å². The van der Waals surface area contributed by atoms with Gasteiger partial charge in [-0.05, 0) is 54.6 Å². The van der Waals surface area contributed by atoms with Gasteiger partial charge in [-0.15, -0.1) is 11.3 Å². The minimum atomic E-state index is -0.151. The fraction of sp³-hybridized carbons (Fsp3) is 0. The molecule has 26 heavy (non-hydrogen) atoms. The lowest BCUT2D eigenvalue weighted by Gasteiger charge is -2.10. The number of nitrogens with one attached hydrogen (secondary N) is 1. The zero-order valence-electron chi connectivity index (χ0n) is 13.4. The topological polar surface area (TPSA) is 42.0 Å². The Balaban J connectivity index is 1.72. The summed E-state index contributed by atoms with van der Waals surface area (Å²) in [6.45, 7) is 0. The second-order valence-electron chi connectivity index (χ2n) is 5.64. The Morgan fingerprint density at radius 2 is 1.65 bits per heavy atom. The Hall–Kier alpha value is -2.02. The Kier molecular flexibility index (Phi) is 4.89. The quantitative estimate of drug-likeness (QED) is 0.347. The Bertz CT molecular complexity index is 1070. The van der Waals surface area contributed by atoms with Crippen molar-refractivity contribution in [2.24, 2.45) is 0 Å². The molecule has 0 saturated heterocycles. The summed E-state index contributed by atoms with van der Waals surface area (Å²) in [6.07, 6.45) is 0. The highest BCUT2D eigenvalue weighted by molar-refractivity contribution is 9.10. The van der Waals surface area contributed by atoms with Gasteiger partial charge in [-0.25, -0.2) is 4.98 Å². The van der Waals surface area contributed by atoms with Crippen molar-refractivity contribution in [2.75, 3.05) is 5.32 Å². The van der Waals surface area contributed by atoms with Gasteiger partial charge in [-0.1, -0.05) is 44.0 Å². The van der Waals surface area contributed by atoms with Gasteiger partial charge in [-0.3, -0.25) is 4.79 Å². The number of fused-ring (bicyclic) bond motifs is 1. The predicted molar refractivity (Wildman–Crippen MR) is 115 cm³/mol. The van der Waals surface area contributed by atoms with Gasteiger partial charge in [0.05, 0.1) is 15.9 Å². The lowest BCUT2D eigenvalue weighted by molar-refractivity contribution is 0.102. The van der Waals surface area contributed by atoms with Crippen molar-refractivity contribution in [2.45, 2.75) is 0 Å². The summed E-state index contributed by atoms with van der Waals surface area (Å²) < 4.78 is 2.99. The summed E-state index contributed by atoms with van der Waals surface area (Å²) in [5, 5.41) is 3.88. The van der Waals surface area contributed by atoms with Gasteiger partial charge in [-0.2, -0.15) is 0 Å². The van der Waals surface area contributed by atoms with Gasteiger partial charge >= 0.3 is 0 Å². The molecule has 3 nitrogen and oxygen atoms in total. The molecule has 3 aromatic carbocycles. The van der Waals surface area contributed by atoms with E-state index >= 15 is 0 Å². The number of nitrogens with zero attached hydrogens (tertiary/aromatic N) is 1. The number of rotatable bonds is 3. The molecule has 0 saturated carbocycles. The monoisotopic (exact) mass is 486 g/mol. The maximum Gasteiger partial charge on any atom is 0.255 e. The number of benzene rings is 3. The first-order valence-electron chi connectivity index (χ1n) is 7.82. The van der Waals surface area contributed by atoms with Crippen LogP contribution in [0.2, 0.25) is 0 Å². The third-order valence-corrected chi connectivity index (χ3v) is 5.95. The molecule has 1 heterocycles. The number of halogens is 2. The molecule has 0 unspecified atom stereocenters. The molecular formula is C20H12Br2N2OS. The molecule has 0 atom stereocenters. The maximum absolute atomic E-state index is 12.6. The number of carbonyl (C=O) groups is 1. The normalized spacial score (nSPS) is 10.8. The zero-order valence-corrected chi connectivity index (χ0v) is 17.4. The summed E-state index contributed by atoms with van der Waals surface area (Å²) in [7, 11) is 0. The van der Waals surface area contributed by atoms with E-state index in [-0.39, 0.29) is 5.91 Å². The van der Waals surface area contributed by atoms with E-state index in [4.69, 9.17) is 4.98 Å². The highest BCUT2D eigenvalue weighted by Gasteiger charge is 2.14. The fourth-order valence-electron chi connectivity index (χ4n) is 2.59. The third kappa shape index (κ3) is 3.58. The summed E-state index contributed by atoms with van der Waals surface area (Å²) >= 11 is 8.51. The van der Waals surface area contributed by atoms with Crippen molar-refractivity contribution in [3.63, 3.8) is 0 Å². The van der Waals surface area contributed by atoms with Crippen LogP contribution in [-0.4, -0.2) is 10.9 Å². The zero-order chi connectivity index (χ0) is 18.1. The molecule has 0 bridgehead atoms. The number of hydrogen-bond acceptors (Lipinski definition) is 3. The molecule has 128 valence electrons. The molecule has 4 aromatic rings. The van der Waals surface area contributed by atoms with E-state index in [1.54, 1.807) is 23.5 Å². The summed E-state index contributed by atoms with van der Waals surface area (Å²) in [5.41, 5.74) is 3.19. The number of anilines is 1. The predicted octanol–water partition coefficient (Wildman–Crippen LogP) is 6.74. The van der Waals surface area contributed by atoms with E-state index in [2.05, 4.69) is 43.2 Å². The molecule has 1 amide bonds.